The number of nitrogens with zero attached hydrogens (tertiary/aromatic N) is 3. The molecule has 46 heavy (non-hydrogen) atoms. The Bertz CT molecular complexity index is 2130. The fourth-order valence-corrected chi connectivity index (χ4v) is 5.81. The van der Waals surface area contributed by atoms with Crippen molar-refractivity contribution in [3.05, 3.63) is 120 Å². The van der Waals surface area contributed by atoms with Gasteiger partial charge >= 0.3 is 5.97 Å². The van der Waals surface area contributed by atoms with Gasteiger partial charge in [-0.2, -0.15) is 5.10 Å². The number of hydrogen-bond acceptors (Lipinski definition) is 9. The van der Waals surface area contributed by atoms with Crippen LogP contribution in [-0.2, 0) is 19.5 Å². The lowest BCUT2D eigenvalue weighted by Crippen LogP contribution is -2.36. The van der Waals surface area contributed by atoms with Crippen LogP contribution in [0.1, 0.15) is 71.6 Å². The summed E-state index contributed by atoms with van der Waals surface area (Å²) in [6, 6.07) is 10.1. The van der Waals surface area contributed by atoms with Gasteiger partial charge in [0.2, 0.25) is 0 Å². The van der Waals surface area contributed by atoms with Crippen molar-refractivity contribution in [2.45, 2.75) is 38.9 Å². The van der Waals surface area contributed by atoms with E-state index < -0.39 is 34.5 Å². The van der Waals surface area contributed by atoms with Crippen molar-refractivity contribution in [2.75, 3.05) is 17.7 Å². The van der Waals surface area contributed by atoms with E-state index in [1.54, 1.807) is 19.1 Å². The molecule has 5 N–H and O–H groups in total. The maximum absolute atomic E-state index is 14.5. The molecule has 0 saturated heterocycles. The number of nitrogens with one attached hydrogen (secondary N) is 4. The number of amides is 2. The summed E-state index contributed by atoms with van der Waals surface area (Å²) in [6.45, 7) is 1.71. The summed E-state index contributed by atoms with van der Waals surface area (Å²) >= 11 is 0. The molecule has 0 fully saturated rings. The molecule has 0 aliphatic heterocycles. The molecular formula is C32H28FN7O6. The van der Waals surface area contributed by atoms with Gasteiger partial charge in [-0.15, -0.1) is 0 Å². The number of fused-ring (bicyclic) bond motifs is 2. The first-order chi connectivity index (χ1) is 22.1. The van der Waals surface area contributed by atoms with E-state index in [4.69, 9.17) is 0 Å². The van der Waals surface area contributed by atoms with Gasteiger partial charge in [0.1, 0.15) is 28.6 Å². The minimum absolute atomic E-state index is 0.0121. The van der Waals surface area contributed by atoms with Gasteiger partial charge in [-0.1, -0.05) is 12.1 Å². The minimum Gasteiger partial charge on any atom is -0.478 e. The van der Waals surface area contributed by atoms with Crippen LogP contribution in [0, 0.1) is 12.7 Å². The number of rotatable bonds is 10. The first-order valence-electron chi connectivity index (χ1n) is 14.4. The predicted octanol–water partition coefficient (Wildman–Crippen LogP) is 2.47. The zero-order valence-electron chi connectivity index (χ0n) is 24.7. The van der Waals surface area contributed by atoms with Gasteiger partial charge in [-0.25, -0.2) is 18.7 Å². The average molecular weight is 626 g/mol. The van der Waals surface area contributed by atoms with Crippen LogP contribution in [0.5, 0.6) is 0 Å². The summed E-state index contributed by atoms with van der Waals surface area (Å²) in [5.41, 5.74) is 2.68. The summed E-state index contributed by atoms with van der Waals surface area (Å²) in [4.78, 5) is 66.0. The fraction of sp³-hybridized carbons (Fsp3) is 0.219. The Morgan fingerprint density at radius 2 is 1.80 bits per heavy atom. The van der Waals surface area contributed by atoms with Crippen molar-refractivity contribution in [2.24, 2.45) is 0 Å². The molecule has 2 amide bonds. The monoisotopic (exact) mass is 625 g/mol. The first-order valence-corrected chi connectivity index (χ1v) is 14.4. The van der Waals surface area contributed by atoms with Crippen LogP contribution in [0.4, 0.5) is 15.8 Å². The summed E-state index contributed by atoms with van der Waals surface area (Å²) in [5.74, 6) is -2.60. The van der Waals surface area contributed by atoms with E-state index in [-0.39, 0.29) is 58.7 Å². The number of carbonyl (C=O) groups is 3. The molecule has 3 aromatic carbocycles. The van der Waals surface area contributed by atoms with E-state index in [1.807, 2.05) is 0 Å². The first kappa shape index (κ1) is 30.1. The molecule has 0 unspecified atom stereocenters. The van der Waals surface area contributed by atoms with Crippen LogP contribution in [0.25, 0.3) is 5.65 Å². The standard InChI is InChI=1S/C32H28FN7O6/c1-15-18-6-8-22(20(18)5-4-19(15)32(45)46)39-31(44)24-12-23(38-25-9-10-37-40(24)25)30(43)36-13-16-3-7-21(33)17(11-16)14-35-27-26(34-2)28(41)29(27)42/h3-5,7,9-12,22,34-35H,6,8,13-14H2,1-2H3,(H,36,43)(H,39,44)(H,45,46)/t22-/m0/s1. The maximum atomic E-state index is 14.5. The van der Waals surface area contributed by atoms with Gasteiger partial charge in [-0.3, -0.25) is 19.2 Å². The SMILES string of the molecule is CNc1c(NCc2cc(CNC(=O)c3cc(C(=O)N[C@H]4CCc5c4ccc(C(=O)O)c5C)n4nccc4n3)ccc2F)c(=O)c1=O. The second kappa shape index (κ2) is 11.9. The van der Waals surface area contributed by atoms with Gasteiger partial charge in [0.25, 0.3) is 22.7 Å². The fourth-order valence-electron chi connectivity index (χ4n) is 5.81. The second-order valence-corrected chi connectivity index (χ2v) is 10.9. The highest BCUT2D eigenvalue weighted by atomic mass is 19.1. The van der Waals surface area contributed by atoms with E-state index in [0.29, 0.717) is 24.0 Å². The van der Waals surface area contributed by atoms with Gasteiger partial charge in [0.05, 0.1) is 17.8 Å². The molecule has 0 saturated carbocycles. The number of aromatic carboxylic acids is 1. The molecule has 5 aromatic rings. The van der Waals surface area contributed by atoms with Crippen molar-refractivity contribution >= 4 is 34.8 Å². The maximum Gasteiger partial charge on any atom is 0.335 e. The Hall–Kier alpha value is -5.92. The molecule has 234 valence electrons. The number of carbonyl (C=O) groups excluding carboxylic acids is 2. The minimum atomic E-state index is -1.00. The Kier molecular flexibility index (Phi) is 7.78. The lowest BCUT2D eigenvalue weighted by atomic mass is 9.98. The van der Waals surface area contributed by atoms with Gasteiger partial charge in [-0.05, 0) is 60.2 Å². The third kappa shape index (κ3) is 5.33. The Morgan fingerprint density at radius 3 is 2.57 bits per heavy atom. The molecule has 13 nitrogen and oxygen atoms in total. The van der Waals surface area contributed by atoms with Gasteiger partial charge < -0.3 is 26.4 Å². The smallest absolute Gasteiger partial charge is 0.335 e. The highest BCUT2D eigenvalue weighted by Crippen LogP contribution is 2.35. The molecule has 1 aliphatic rings. The molecule has 6 rings (SSSR count). The highest BCUT2D eigenvalue weighted by Gasteiger charge is 2.29. The van der Waals surface area contributed by atoms with Crippen LogP contribution >= 0.6 is 0 Å². The van der Waals surface area contributed by atoms with Crippen LogP contribution in [0.2, 0.25) is 0 Å². The molecule has 2 aromatic heterocycles. The third-order valence-electron chi connectivity index (χ3n) is 8.23. The van der Waals surface area contributed by atoms with Gasteiger partial charge in [0, 0.05) is 37.8 Å². The van der Waals surface area contributed by atoms with Crippen LogP contribution in [0.3, 0.4) is 0 Å². The normalized spacial score (nSPS) is 13.8. The number of aromatic nitrogens is 3. The number of carboxylic acids is 1. The number of hydrogen-bond donors (Lipinski definition) is 5. The van der Waals surface area contributed by atoms with Crippen LogP contribution < -0.4 is 32.1 Å². The van der Waals surface area contributed by atoms with E-state index >= 15 is 0 Å². The molecule has 1 aliphatic carbocycles. The lowest BCUT2D eigenvalue weighted by Gasteiger charge is -2.16. The number of carboxylic acid groups (broad SMARTS) is 1. The van der Waals surface area contributed by atoms with E-state index in [2.05, 4.69) is 31.3 Å². The summed E-state index contributed by atoms with van der Waals surface area (Å²) < 4.78 is 15.8. The topological polar surface area (TPSA) is 184 Å². The summed E-state index contributed by atoms with van der Waals surface area (Å²) in [7, 11) is 1.51. The molecule has 0 radical (unpaired) electrons. The number of halogens is 1. The quantitative estimate of drug-likeness (QED) is 0.145. The molecule has 0 spiro atoms. The summed E-state index contributed by atoms with van der Waals surface area (Å²) in [5, 5.41) is 24.8. The van der Waals surface area contributed by atoms with Crippen molar-refractivity contribution < 1.29 is 23.9 Å². The molecule has 14 heteroatoms. The highest BCUT2D eigenvalue weighted by molar-refractivity contribution is 5.98. The lowest BCUT2D eigenvalue weighted by molar-refractivity contribution is 0.0695. The van der Waals surface area contributed by atoms with Crippen molar-refractivity contribution in [1.29, 1.82) is 0 Å². The van der Waals surface area contributed by atoms with Gasteiger partial charge in [0.15, 0.2) is 5.65 Å². The second-order valence-electron chi connectivity index (χ2n) is 10.9. The Labute approximate surface area is 260 Å². The molecular weight excluding hydrogens is 597 g/mol. The number of anilines is 2. The number of benzene rings is 2. The zero-order chi connectivity index (χ0) is 32.7. The van der Waals surface area contributed by atoms with Crippen molar-refractivity contribution in [3.63, 3.8) is 0 Å². The Balaban J connectivity index is 1.16. The van der Waals surface area contributed by atoms with E-state index in [0.717, 1.165) is 11.1 Å². The van der Waals surface area contributed by atoms with Crippen molar-refractivity contribution in [3.8, 4) is 0 Å². The van der Waals surface area contributed by atoms with E-state index in [1.165, 1.54) is 48.1 Å². The van der Waals surface area contributed by atoms with E-state index in [9.17, 15) is 33.5 Å². The van der Waals surface area contributed by atoms with Crippen LogP contribution in [-0.4, -0.2) is 44.5 Å². The average Bonchev–Trinajstić information content (AvgIpc) is 3.69. The molecule has 2 heterocycles. The zero-order valence-corrected chi connectivity index (χ0v) is 24.7. The van der Waals surface area contributed by atoms with Crippen molar-refractivity contribution in [1.82, 2.24) is 25.2 Å². The van der Waals surface area contributed by atoms with Crippen LogP contribution in [0.15, 0.2) is 58.3 Å². The Morgan fingerprint density at radius 1 is 1.02 bits per heavy atom. The largest absolute Gasteiger partial charge is 0.478 e. The summed E-state index contributed by atoms with van der Waals surface area (Å²) in [6.07, 6.45) is 2.66. The predicted molar refractivity (Wildman–Crippen MR) is 165 cm³/mol. The molecule has 1 atom stereocenters. The third-order valence-corrected chi connectivity index (χ3v) is 8.23. The molecule has 0 bridgehead atoms.